The molecule has 0 aliphatic carbocycles. The van der Waals surface area contributed by atoms with E-state index < -0.39 is 28.9 Å². The maximum Gasteiger partial charge on any atom is 0.387 e. The van der Waals surface area contributed by atoms with Crippen molar-refractivity contribution in [3.8, 4) is 11.5 Å². The predicted octanol–water partition coefficient (Wildman–Crippen LogP) is 3.93. The zero-order valence-electron chi connectivity index (χ0n) is 14.1. The maximum absolute atomic E-state index is 12.4. The first-order valence-corrected chi connectivity index (χ1v) is 9.65. The zero-order chi connectivity index (χ0) is 19.8. The number of thioether (sulfide) groups is 1. The fraction of sp³-hybridized carbons (Fsp3) is 0.312. The van der Waals surface area contributed by atoms with Crippen molar-refractivity contribution >= 4 is 34.7 Å². The van der Waals surface area contributed by atoms with Crippen molar-refractivity contribution in [3.63, 3.8) is 0 Å². The highest BCUT2D eigenvalue weighted by Gasteiger charge is 2.25. The van der Waals surface area contributed by atoms with Gasteiger partial charge in [0.1, 0.15) is 5.56 Å². The molecule has 1 N–H and O–H groups in total. The van der Waals surface area contributed by atoms with Crippen molar-refractivity contribution in [3.05, 3.63) is 50.2 Å². The lowest BCUT2D eigenvalue weighted by Gasteiger charge is -2.12. The first-order chi connectivity index (χ1) is 12.9. The molecule has 0 radical (unpaired) electrons. The summed E-state index contributed by atoms with van der Waals surface area (Å²) in [6, 6.07) is 5.74. The molecule has 146 valence electrons. The average molecular weight is 418 g/mol. The highest BCUT2D eigenvalue weighted by Crippen LogP contribution is 2.35. The number of methoxy groups -OCH3 is 1. The van der Waals surface area contributed by atoms with Crippen molar-refractivity contribution in [1.82, 2.24) is 5.32 Å². The minimum atomic E-state index is -3.18. The number of ether oxygens (including phenoxy) is 2. The van der Waals surface area contributed by atoms with Gasteiger partial charge < -0.3 is 14.8 Å². The number of nitro groups is 1. The van der Waals surface area contributed by atoms with Gasteiger partial charge in [0, 0.05) is 29.0 Å². The third kappa shape index (κ3) is 6.07. The van der Waals surface area contributed by atoms with Crippen molar-refractivity contribution in [2.45, 2.75) is 12.4 Å². The second kappa shape index (κ2) is 10.1. The first kappa shape index (κ1) is 20.9. The summed E-state index contributed by atoms with van der Waals surface area (Å²) < 4.78 is 34.0. The lowest BCUT2D eigenvalue weighted by Crippen LogP contribution is -2.26. The first-order valence-electron chi connectivity index (χ1n) is 7.62. The zero-order valence-corrected chi connectivity index (χ0v) is 15.8. The molecule has 27 heavy (non-hydrogen) atoms. The van der Waals surface area contributed by atoms with Crippen molar-refractivity contribution < 1.29 is 28.0 Å². The number of rotatable bonds is 10. The Bertz CT molecular complexity index is 787. The Morgan fingerprint density at radius 2 is 2.19 bits per heavy atom. The Morgan fingerprint density at radius 1 is 1.41 bits per heavy atom. The highest BCUT2D eigenvalue weighted by atomic mass is 32.2. The molecule has 0 atom stereocenters. The Labute approximate surface area is 161 Å². The van der Waals surface area contributed by atoms with E-state index in [4.69, 9.17) is 4.74 Å². The fourth-order valence-corrected chi connectivity index (χ4v) is 3.83. The molecule has 1 heterocycles. The third-order valence-corrected chi connectivity index (χ3v) is 5.36. The van der Waals surface area contributed by atoms with E-state index in [2.05, 4.69) is 10.1 Å². The molecule has 1 amide bonds. The van der Waals surface area contributed by atoms with Crippen LogP contribution >= 0.6 is 23.1 Å². The quantitative estimate of drug-likeness (QED) is 0.357. The average Bonchev–Trinajstić information content (AvgIpc) is 3.13. The number of carbonyl (C=O) groups excluding carboxylic acids is 1. The molecule has 0 unspecified atom stereocenters. The number of alkyl halides is 2. The predicted molar refractivity (Wildman–Crippen MR) is 99.1 cm³/mol. The van der Waals surface area contributed by atoms with Crippen LogP contribution in [-0.4, -0.2) is 36.8 Å². The molecule has 0 saturated heterocycles. The minimum Gasteiger partial charge on any atom is -0.493 e. The van der Waals surface area contributed by atoms with Gasteiger partial charge in [0.25, 0.3) is 11.6 Å². The van der Waals surface area contributed by atoms with E-state index >= 15 is 0 Å². The van der Waals surface area contributed by atoms with Crippen LogP contribution in [0.4, 0.5) is 14.5 Å². The van der Waals surface area contributed by atoms with Gasteiger partial charge in [-0.05, 0) is 11.4 Å². The van der Waals surface area contributed by atoms with Gasteiger partial charge in [0.05, 0.1) is 18.1 Å². The number of hydrogen-bond donors (Lipinski definition) is 1. The largest absolute Gasteiger partial charge is 0.493 e. The number of nitro benzene ring substituents is 1. The van der Waals surface area contributed by atoms with Gasteiger partial charge in [-0.3, -0.25) is 14.9 Å². The Kier molecular flexibility index (Phi) is 7.80. The molecule has 0 bridgehead atoms. The molecule has 7 nitrogen and oxygen atoms in total. The number of nitrogens with zero attached hydrogens (tertiary/aromatic N) is 1. The Balaban J connectivity index is 2.03. The summed E-state index contributed by atoms with van der Waals surface area (Å²) in [5, 5.41) is 15.8. The van der Waals surface area contributed by atoms with E-state index in [1.54, 1.807) is 23.1 Å². The van der Waals surface area contributed by atoms with Gasteiger partial charge in [-0.25, -0.2) is 0 Å². The standard InChI is InChI=1S/C16H16F2N2O5S2/c1-24-13-7-11(12(20(22)23)8-14(13)25-16(17)18)15(21)19-4-6-26-9-10-3-2-5-27-10/h2-3,5,7-8,16H,4,6,9H2,1H3,(H,19,21). The summed E-state index contributed by atoms with van der Waals surface area (Å²) >= 11 is 3.25. The van der Waals surface area contributed by atoms with Crippen LogP contribution in [0.15, 0.2) is 29.6 Å². The molecule has 1 aromatic carbocycles. The van der Waals surface area contributed by atoms with Crippen LogP contribution in [-0.2, 0) is 5.75 Å². The number of carbonyl (C=O) groups is 1. The van der Waals surface area contributed by atoms with Gasteiger partial charge >= 0.3 is 6.61 Å². The lowest BCUT2D eigenvalue weighted by atomic mass is 10.1. The molecule has 11 heteroatoms. The van der Waals surface area contributed by atoms with Crippen molar-refractivity contribution in [2.24, 2.45) is 0 Å². The molecule has 0 spiro atoms. The van der Waals surface area contributed by atoms with Gasteiger partial charge in [0.2, 0.25) is 0 Å². The van der Waals surface area contributed by atoms with E-state index in [0.29, 0.717) is 12.3 Å². The van der Waals surface area contributed by atoms with Crippen LogP contribution < -0.4 is 14.8 Å². The van der Waals surface area contributed by atoms with Crippen molar-refractivity contribution in [2.75, 3.05) is 19.4 Å². The summed E-state index contributed by atoms with van der Waals surface area (Å²) in [4.78, 5) is 23.9. The molecule has 0 aliphatic heterocycles. The topological polar surface area (TPSA) is 90.7 Å². The third-order valence-electron chi connectivity index (χ3n) is 3.30. The minimum absolute atomic E-state index is 0.196. The van der Waals surface area contributed by atoms with Gasteiger partial charge in [-0.15, -0.1) is 11.3 Å². The smallest absolute Gasteiger partial charge is 0.387 e. The number of amides is 1. The van der Waals surface area contributed by atoms with Crippen LogP contribution in [0, 0.1) is 10.1 Å². The van der Waals surface area contributed by atoms with E-state index in [9.17, 15) is 23.7 Å². The Hall–Kier alpha value is -2.40. The van der Waals surface area contributed by atoms with E-state index in [-0.39, 0.29) is 11.3 Å². The SMILES string of the molecule is COc1cc(C(=O)NCCSCc2cccs2)c([N+](=O)[O-])cc1OC(F)F. The number of benzene rings is 1. The number of halogens is 2. The second-order valence-electron chi connectivity index (χ2n) is 5.04. The number of nitrogens with one attached hydrogen (secondary N) is 1. The van der Waals surface area contributed by atoms with E-state index in [1.165, 1.54) is 12.0 Å². The molecular formula is C16H16F2N2O5S2. The van der Waals surface area contributed by atoms with Crippen molar-refractivity contribution in [1.29, 1.82) is 0 Å². The number of hydrogen-bond acceptors (Lipinski definition) is 7. The molecular weight excluding hydrogens is 402 g/mol. The summed E-state index contributed by atoms with van der Waals surface area (Å²) in [6.45, 7) is -2.89. The van der Waals surface area contributed by atoms with E-state index in [0.717, 1.165) is 17.9 Å². The fourth-order valence-electron chi connectivity index (χ4n) is 2.13. The summed E-state index contributed by atoms with van der Waals surface area (Å²) in [5.41, 5.74) is -0.933. The molecule has 1 aromatic heterocycles. The lowest BCUT2D eigenvalue weighted by molar-refractivity contribution is -0.385. The summed E-state index contributed by atoms with van der Waals surface area (Å²) in [7, 11) is 1.18. The van der Waals surface area contributed by atoms with Gasteiger partial charge in [0.15, 0.2) is 11.5 Å². The molecule has 0 saturated carbocycles. The van der Waals surface area contributed by atoms with Crippen LogP contribution in [0.5, 0.6) is 11.5 Å². The van der Waals surface area contributed by atoms with Gasteiger partial charge in [-0.2, -0.15) is 20.5 Å². The molecule has 2 aromatic rings. The van der Waals surface area contributed by atoms with Crippen LogP contribution in [0.25, 0.3) is 0 Å². The highest BCUT2D eigenvalue weighted by molar-refractivity contribution is 7.98. The van der Waals surface area contributed by atoms with E-state index in [1.807, 2.05) is 17.5 Å². The Morgan fingerprint density at radius 3 is 2.78 bits per heavy atom. The summed E-state index contributed by atoms with van der Waals surface area (Å²) in [5.74, 6) is 0.0168. The second-order valence-corrected chi connectivity index (χ2v) is 7.18. The van der Waals surface area contributed by atoms with Crippen LogP contribution in [0.2, 0.25) is 0 Å². The van der Waals surface area contributed by atoms with Crippen LogP contribution in [0.1, 0.15) is 15.2 Å². The van der Waals surface area contributed by atoms with Crippen LogP contribution in [0.3, 0.4) is 0 Å². The normalized spacial score (nSPS) is 10.7. The monoisotopic (exact) mass is 418 g/mol. The maximum atomic E-state index is 12.4. The molecule has 0 fully saturated rings. The molecule has 2 rings (SSSR count). The molecule has 0 aliphatic rings. The number of thiophene rings is 1. The van der Waals surface area contributed by atoms with Gasteiger partial charge in [-0.1, -0.05) is 6.07 Å². The summed E-state index contributed by atoms with van der Waals surface area (Å²) in [6.07, 6.45) is 0.